The van der Waals surface area contributed by atoms with Gasteiger partial charge >= 0.3 is 0 Å². The van der Waals surface area contributed by atoms with Gasteiger partial charge in [-0.1, -0.05) is 0 Å². The van der Waals surface area contributed by atoms with Crippen LogP contribution in [-0.2, 0) is 0 Å². The molecular weight excluding hydrogens is 140 g/mol. The summed E-state index contributed by atoms with van der Waals surface area (Å²) in [7, 11) is 0. The molecule has 1 aromatic heterocycles. The Morgan fingerprint density at radius 2 is 2.09 bits per heavy atom. The highest BCUT2D eigenvalue weighted by molar-refractivity contribution is 5.95. The lowest BCUT2D eigenvalue weighted by Gasteiger charge is -1.98. The van der Waals surface area contributed by atoms with Gasteiger partial charge in [-0.25, -0.2) is 0 Å². The topological polar surface area (TPSA) is 48.0 Å². The van der Waals surface area contributed by atoms with Crippen molar-refractivity contribution in [3.8, 4) is 0 Å². The van der Waals surface area contributed by atoms with Crippen LogP contribution in [-0.4, -0.2) is 10.5 Å². The fourth-order valence-electron chi connectivity index (χ4n) is 1.13. The molecule has 0 aromatic carbocycles. The number of carbonyl (C=O) groups excluding carboxylic acids is 1. The molecule has 0 spiro atoms. The molecule has 0 radical (unpaired) electrons. The Kier molecular flexibility index (Phi) is 1.72. The minimum atomic E-state index is 0.0646. The summed E-state index contributed by atoms with van der Waals surface area (Å²) in [5.41, 5.74) is 2.45. The Labute approximate surface area is 65.8 Å². The van der Waals surface area contributed by atoms with Gasteiger partial charge in [0.2, 0.25) is 0 Å². The van der Waals surface area contributed by atoms with Gasteiger partial charge in [0, 0.05) is 17.0 Å². The number of nitrogens with two attached hydrogens (primary N) is 1. The lowest BCUT2D eigenvalue weighted by atomic mass is 10.2. The van der Waals surface area contributed by atoms with E-state index in [1.54, 1.807) is 13.0 Å². The lowest BCUT2D eigenvalue weighted by molar-refractivity contribution is 0.101. The zero-order chi connectivity index (χ0) is 8.59. The first kappa shape index (κ1) is 7.85. The molecule has 0 aliphatic carbocycles. The van der Waals surface area contributed by atoms with E-state index in [1.807, 2.05) is 13.8 Å². The van der Waals surface area contributed by atoms with E-state index in [1.165, 1.54) is 4.68 Å². The van der Waals surface area contributed by atoms with Crippen LogP contribution in [0.5, 0.6) is 0 Å². The van der Waals surface area contributed by atoms with Gasteiger partial charge in [0.1, 0.15) is 0 Å². The highest BCUT2D eigenvalue weighted by Crippen LogP contribution is 2.11. The Hall–Kier alpha value is -1.25. The number of nitrogens with zero attached hydrogens (tertiary/aromatic N) is 1. The third-order valence-corrected chi connectivity index (χ3v) is 1.86. The summed E-state index contributed by atoms with van der Waals surface area (Å²) in [6.45, 7) is 5.25. The summed E-state index contributed by atoms with van der Waals surface area (Å²) in [4.78, 5) is 11.0. The Bertz CT molecular complexity index is 299. The molecule has 1 heterocycles. The maximum absolute atomic E-state index is 11.0. The quantitative estimate of drug-likeness (QED) is 0.482. The van der Waals surface area contributed by atoms with E-state index in [4.69, 9.17) is 5.84 Å². The predicted molar refractivity (Wildman–Crippen MR) is 44.1 cm³/mol. The van der Waals surface area contributed by atoms with Crippen molar-refractivity contribution in [2.75, 3.05) is 5.84 Å². The van der Waals surface area contributed by atoms with Crippen LogP contribution in [0.15, 0.2) is 6.07 Å². The highest BCUT2D eigenvalue weighted by atomic mass is 16.1. The zero-order valence-electron chi connectivity index (χ0n) is 7.01. The van der Waals surface area contributed by atoms with Crippen LogP contribution in [0.25, 0.3) is 0 Å². The van der Waals surface area contributed by atoms with Crippen LogP contribution in [0.3, 0.4) is 0 Å². The van der Waals surface area contributed by atoms with E-state index in [2.05, 4.69) is 0 Å². The monoisotopic (exact) mass is 152 g/mol. The summed E-state index contributed by atoms with van der Waals surface area (Å²) in [6.07, 6.45) is 0. The van der Waals surface area contributed by atoms with E-state index in [9.17, 15) is 4.79 Å². The van der Waals surface area contributed by atoms with Crippen molar-refractivity contribution in [3.63, 3.8) is 0 Å². The van der Waals surface area contributed by atoms with Crippen molar-refractivity contribution in [1.29, 1.82) is 0 Å². The van der Waals surface area contributed by atoms with Crippen molar-refractivity contribution in [2.45, 2.75) is 20.8 Å². The first-order valence-electron chi connectivity index (χ1n) is 3.49. The summed E-state index contributed by atoms with van der Waals surface area (Å²) in [6, 6.07) is 1.80. The van der Waals surface area contributed by atoms with Crippen LogP contribution in [0.2, 0.25) is 0 Å². The van der Waals surface area contributed by atoms with Gasteiger partial charge in [-0.3, -0.25) is 9.47 Å². The smallest absolute Gasteiger partial charge is 0.161 e. The second-order valence-electron chi connectivity index (χ2n) is 2.71. The first-order valence-corrected chi connectivity index (χ1v) is 3.49. The number of ketones is 1. The molecule has 1 rings (SSSR count). The van der Waals surface area contributed by atoms with E-state index >= 15 is 0 Å². The van der Waals surface area contributed by atoms with Crippen LogP contribution in [0.4, 0.5) is 0 Å². The van der Waals surface area contributed by atoms with E-state index in [-0.39, 0.29) is 5.78 Å². The molecule has 1 aromatic rings. The number of aromatic nitrogens is 1. The molecule has 0 saturated carbocycles. The SMILES string of the molecule is CC(=O)c1cc(C)n(N)c1C. The third-order valence-electron chi connectivity index (χ3n) is 1.86. The van der Waals surface area contributed by atoms with Gasteiger partial charge in [0.05, 0.1) is 0 Å². The van der Waals surface area contributed by atoms with Crippen molar-refractivity contribution in [1.82, 2.24) is 4.68 Å². The standard InChI is InChI=1S/C8H12N2O/c1-5-4-8(7(3)11)6(2)10(5)9/h4H,9H2,1-3H3. The molecule has 3 nitrogen and oxygen atoms in total. The third kappa shape index (κ3) is 1.13. The minimum Gasteiger partial charge on any atom is -0.339 e. The fraction of sp³-hybridized carbons (Fsp3) is 0.375. The number of hydrogen-bond acceptors (Lipinski definition) is 2. The van der Waals surface area contributed by atoms with Crippen LogP contribution < -0.4 is 5.84 Å². The van der Waals surface area contributed by atoms with Crippen LogP contribution in [0, 0.1) is 13.8 Å². The normalized spacial score (nSPS) is 10.1. The highest BCUT2D eigenvalue weighted by Gasteiger charge is 2.09. The molecule has 0 atom stereocenters. The Morgan fingerprint density at radius 1 is 1.55 bits per heavy atom. The molecule has 0 fully saturated rings. The van der Waals surface area contributed by atoms with Gasteiger partial charge in [-0.05, 0) is 26.8 Å². The number of aryl methyl sites for hydroxylation is 1. The molecule has 0 amide bonds. The lowest BCUT2D eigenvalue weighted by Crippen LogP contribution is -2.12. The Balaban J connectivity index is 3.29. The second-order valence-corrected chi connectivity index (χ2v) is 2.71. The van der Waals surface area contributed by atoms with Crippen LogP contribution in [0.1, 0.15) is 28.7 Å². The number of carbonyl (C=O) groups is 1. The number of nitrogen functional groups attached to an aromatic ring is 1. The van der Waals surface area contributed by atoms with Gasteiger partial charge in [0.25, 0.3) is 0 Å². The largest absolute Gasteiger partial charge is 0.339 e. The summed E-state index contributed by atoms with van der Waals surface area (Å²) < 4.78 is 1.52. The molecule has 2 N–H and O–H groups in total. The average molecular weight is 152 g/mol. The van der Waals surface area contributed by atoms with Gasteiger partial charge in [-0.2, -0.15) is 0 Å². The fourth-order valence-corrected chi connectivity index (χ4v) is 1.13. The first-order chi connectivity index (χ1) is 5.04. The van der Waals surface area contributed by atoms with E-state index in [0.29, 0.717) is 5.56 Å². The molecule has 60 valence electrons. The molecule has 0 bridgehead atoms. The summed E-state index contributed by atoms with van der Waals surface area (Å²) in [5, 5.41) is 0. The molecular formula is C8H12N2O. The van der Waals surface area contributed by atoms with Gasteiger partial charge in [0.15, 0.2) is 5.78 Å². The van der Waals surface area contributed by atoms with Crippen molar-refractivity contribution >= 4 is 5.78 Å². The molecule has 3 heteroatoms. The molecule has 0 aliphatic heterocycles. The maximum atomic E-state index is 11.0. The van der Waals surface area contributed by atoms with Crippen molar-refractivity contribution < 1.29 is 4.79 Å². The number of hydrogen-bond donors (Lipinski definition) is 1. The zero-order valence-corrected chi connectivity index (χ0v) is 7.01. The molecule has 0 saturated heterocycles. The minimum absolute atomic E-state index is 0.0646. The summed E-state index contributed by atoms with van der Waals surface area (Å²) >= 11 is 0. The van der Waals surface area contributed by atoms with Crippen LogP contribution >= 0.6 is 0 Å². The summed E-state index contributed by atoms with van der Waals surface area (Å²) in [5.74, 6) is 5.67. The average Bonchev–Trinajstić information content (AvgIpc) is 2.17. The molecule has 0 aliphatic rings. The Morgan fingerprint density at radius 3 is 2.27 bits per heavy atom. The second kappa shape index (κ2) is 2.42. The van der Waals surface area contributed by atoms with Gasteiger partial charge < -0.3 is 5.84 Å². The maximum Gasteiger partial charge on any atom is 0.161 e. The van der Waals surface area contributed by atoms with Gasteiger partial charge in [-0.15, -0.1) is 0 Å². The van der Waals surface area contributed by atoms with Crippen molar-refractivity contribution in [2.24, 2.45) is 0 Å². The molecule has 11 heavy (non-hydrogen) atoms. The van der Waals surface area contributed by atoms with E-state index in [0.717, 1.165) is 11.4 Å². The molecule has 0 unspecified atom stereocenters. The predicted octanol–water partition coefficient (Wildman–Crippen LogP) is 1.02. The number of Topliss-reactive ketones (excluding diaryl/α,β-unsaturated/α-hetero) is 1. The van der Waals surface area contributed by atoms with Crippen molar-refractivity contribution in [3.05, 3.63) is 23.0 Å². The number of rotatable bonds is 1. The van der Waals surface area contributed by atoms with E-state index < -0.39 is 0 Å².